The molecule has 3 rings (SSSR count). The van der Waals surface area contributed by atoms with E-state index in [1.54, 1.807) is 12.1 Å². The van der Waals surface area contributed by atoms with Crippen molar-refractivity contribution in [2.75, 3.05) is 38.2 Å². The Morgan fingerprint density at radius 2 is 2.03 bits per heavy atom. The van der Waals surface area contributed by atoms with Crippen LogP contribution in [-0.4, -0.2) is 67.0 Å². The van der Waals surface area contributed by atoms with Gasteiger partial charge in [-0.3, -0.25) is 4.79 Å². The fourth-order valence-electron chi connectivity index (χ4n) is 3.81. The summed E-state index contributed by atoms with van der Waals surface area (Å²) in [6.07, 6.45) is 1.57. The molecule has 1 aromatic rings. The zero-order valence-electron chi connectivity index (χ0n) is 18.2. The van der Waals surface area contributed by atoms with Crippen molar-refractivity contribution in [2.45, 2.75) is 51.7 Å². The quantitative estimate of drug-likeness (QED) is 0.559. The van der Waals surface area contributed by atoms with Crippen LogP contribution in [0.2, 0.25) is 5.02 Å². The van der Waals surface area contributed by atoms with Gasteiger partial charge in [-0.2, -0.15) is 0 Å². The predicted octanol–water partition coefficient (Wildman–Crippen LogP) is 2.81. The van der Waals surface area contributed by atoms with Crippen molar-refractivity contribution in [3.8, 4) is 5.75 Å². The lowest BCUT2D eigenvalue weighted by molar-refractivity contribution is -0.116. The molecule has 8 nitrogen and oxygen atoms in total. The number of aliphatic hydroxyl groups excluding tert-OH is 1. The average Bonchev–Trinajstić information content (AvgIpc) is 2.73. The number of anilines is 1. The van der Waals surface area contributed by atoms with Crippen LogP contribution in [0.25, 0.3) is 0 Å². The Bertz CT molecular complexity index is 781. The molecule has 2 amide bonds. The van der Waals surface area contributed by atoms with Crippen LogP contribution in [0.4, 0.5) is 10.5 Å². The minimum atomic E-state index is -0.648. The van der Waals surface area contributed by atoms with Crippen LogP contribution in [0.3, 0.4) is 0 Å². The van der Waals surface area contributed by atoms with Crippen LogP contribution in [0.15, 0.2) is 12.1 Å². The molecule has 0 bridgehead atoms. The Labute approximate surface area is 188 Å². The molecule has 0 radical (unpaired) electrons. The lowest BCUT2D eigenvalue weighted by atomic mass is 10.0. The molecule has 31 heavy (non-hydrogen) atoms. The molecule has 172 valence electrons. The second-order valence-corrected chi connectivity index (χ2v) is 9.03. The zero-order chi connectivity index (χ0) is 22.4. The Kier molecular flexibility index (Phi) is 8.40. The van der Waals surface area contributed by atoms with Gasteiger partial charge in [0.2, 0.25) is 5.91 Å². The summed E-state index contributed by atoms with van der Waals surface area (Å²) >= 11 is 6.19. The number of carbonyl (C=O) groups excluding carboxylic acids is 2. The fourth-order valence-corrected chi connectivity index (χ4v) is 4.03. The first-order valence-corrected chi connectivity index (χ1v) is 11.3. The van der Waals surface area contributed by atoms with Gasteiger partial charge in [0.25, 0.3) is 0 Å². The van der Waals surface area contributed by atoms with Gasteiger partial charge in [-0.25, -0.2) is 4.79 Å². The van der Waals surface area contributed by atoms with Gasteiger partial charge in [-0.1, -0.05) is 25.4 Å². The summed E-state index contributed by atoms with van der Waals surface area (Å²) in [7, 11) is 0. The van der Waals surface area contributed by atoms with E-state index in [4.69, 9.17) is 21.1 Å². The number of carbonyl (C=O) groups is 2. The van der Waals surface area contributed by atoms with Gasteiger partial charge in [-0.05, 0) is 37.3 Å². The van der Waals surface area contributed by atoms with Gasteiger partial charge in [0.15, 0.2) is 0 Å². The molecule has 1 fully saturated rings. The third-order valence-electron chi connectivity index (χ3n) is 5.44. The summed E-state index contributed by atoms with van der Waals surface area (Å²) in [4.78, 5) is 25.6. The maximum atomic E-state index is 11.8. The number of aliphatic hydroxyl groups is 1. The number of halogens is 1. The standard InChI is InChI=1S/C22H32ClN3O5/c1-14(2)12-31-22(29)24-15-7-9-26(10-8-15)11-16(27)13-30-19-5-4-18(23)21-17(19)3-6-20(28)25-21/h4-5,14-16,27H,3,6-13H2,1-2H3,(H,24,29)(H,25,28). The van der Waals surface area contributed by atoms with Gasteiger partial charge in [-0.15, -0.1) is 0 Å². The predicted molar refractivity (Wildman–Crippen MR) is 119 cm³/mol. The number of alkyl carbamates (subject to hydrolysis) is 1. The number of β-amino-alcohol motifs (C(OH)–C–C–N with tert-alkyl or cyclic N) is 1. The summed E-state index contributed by atoms with van der Waals surface area (Å²) in [5, 5.41) is 16.6. The zero-order valence-corrected chi connectivity index (χ0v) is 18.9. The minimum absolute atomic E-state index is 0.0577. The highest BCUT2D eigenvalue weighted by molar-refractivity contribution is 6.34. The number of piperidine rings is 1. The molecular formula is C22H32ClN3O5. The van der Waals surface area contributed by atoms with Crippen LogP contribution in [0.1, 0.15) is 38.7 Å². The number of hydrogen-bond donors (Lipinski definition) is 3. The summed E-state index contributed by atoms with van der Waals surface area (Å²) in [5.41, 5.74) is 1.47. The highest BCUT2D eigenvalue weighted by Gasteiger charge is 2.24. The topological polar surface area (TPSA) is 100 Å². The number of nitrogens with zero attached hydrogens (tertiary/aromatic N) is 1. The van der Waals surface area contributed by atoms with E-state index in [2.05, 4.69) is 15.5 Å². The molecule has 0 aromatic heterocycles. The van der Waals surface area contributed by atoms with Crippen molar-refractivity contribution in [3.63, 3.8) is 0 Å². The molecule has 0 aliphatic carbocycles. The Hall–Kier alpha value is -2.03. The van der Waals surface area contributed by atoms with Crippen LogP contribution in [0, 0.1) is 5.92 Å². The first kappa shape index (κ1) is 23.6. The lowest BCUT2D eigenvalue weighted by Gasteiger charge is -2.33. The molecule has 0 spiro atoms. The molecule has 2 heterocycles. The largest absolute Gasteiger partial charge is 0.490 e. The number of amides is 2. The number of nitrogens with one attached hydrogen (secondary N) is 2. The van der Waals surface area contributed by atoms with E-state index >= 15 is 0 Å². The van der Waals surface area contributed by atoms with Crippen molar-refractivity contribution in [1.29, 1.82) is 0 Å². The highest BCUT2D eigenvalue weighted by atomic mass is 35.5. The van der Waals surface area contributed by atoms with E-state index in [9.17, 15) is 14.7 Å². The van der Waals surface area contributed by atoms with E-state index < -0.39 is 6.10 Å². The van der Waals surface area contributed by atoms with Crippen LogP contribution < -0.4 is 15.4 Å². The molecule has 1 saturated heterocycles. The van der Waals surface area contributed by atoms with Crippen LogP contribution in [-0.2, 0) is 16.0 Å². The number of likely N-dealkylation sites (tertiary alicyclic amines) is 1. The van der Waals surface area contributed by atoms with E-state index in [1.807, 2.05) is 13.8 Å². The summed E-state index contributed by atoms with van der Waals surface area (Å²) < 4.78 is 11.0. The summed E-state index contributed by atoms with van der Waals surface area (Å²) in [6.45, 7) is 6.64. The van der Waals surface area contributed by atoms with Crippen molar-refractivity contribution < 1.29 is 24.2 Å². The monoisotopic (exact) mass is 453 g/mol. The number of benzene rings is 1. The summed E-state index contributed by atoms with van der Waals surface area (Å²) in [5.74, 6) is 0.896. The molecule has 3 N–H and O–H groups in total. The van der Waals surface area contributed by atoms with Gasteiger partial charge in [0.1, 0.15) is 18.5 Å². The van der Waals surface area contributed by atoms with Crippen LogP contribution >= 0.6 is 11.6 Å². The van der Waals surface area contributed by atoms with Gasteiger partial charge < -0.3 is 30.1 Å². The highest BCUT2D eigenvalue weighted by Crippen LogP contribution is 2.37. The second kappa shape index (κ2) is 11.0. The van der Waals surface area contributed by atoms with Crippen molar-refractivity contribution in [2.24, 2.45) is 5.92 Å². The lowest BCUT2D eigenvalue weighted by Crippen LogP contribution is -2.47. The molecular weight excluding hydrogens is 422 g/mol. The normalized spacial score (nSPS) is 18.3. The molecule has 2 aliphatic rings. The number of ether oxygens (including phenoxy) is 2. The van der Waals surface area contributed by atoms with Gasteiger partial charge >= 0.3 is 6.09 Å². The first-order chi connectivity index (χ1) is 14.8. The second-order valence-electron chi connectivity index (χ2n) is 8.62. The van der Waals surface area contributed by atoms with Crippen molar-refractivity contribution >= 4 is 29.3 Å². The molecule has 1 atom stereocenters. The first-order valence-electron chi connectivity index (χ1n) is 10.9. The van der Waals surface area contributed by atoms with E-state index in [-0.39, 0.29) is 24.6 Å². The molecule has 1 unspecified atom stereocenters. The van der Waals surface area contributed by atoms with Crippen molar-refractivity contribution in [1.82, 2.24) is 10.2 Å². The van der Waals surface area contributed by atoms with Gasteiger partial charge in [0, 0.05) is 37.7 Å². The minimum Gasteiger partial charge on any atom is -0.490 e. The maximum absolute atomic E-state index is 11.8. The van der Waals surface area contributed by atoms with E-state index in [0.29, 0.717) is 48.4 Å². The SMILES string of the molecule is CC(C)COC(=O)NC1CCN(CC(O)COc2ccc(Cl)c3c2CCC(=O)N3)CC1. The van der Waals surface area contributed by atoms with E-state index in [1.165, 1.54) is 0 Å². The molecule has 9 heteroatoms. The number of hydrogen-bond acceptors (Lipinski definition) is 6. The smallest absolute Gasteiger partial charge is 0.407 e. The third kappa shape index (κ3) is 6.98. The van der Waals surface area contributed by atoms with Crippen LogP contribution in [0.5, 0.6) is 5.75 Å². The molecule has 0 saturated carbocycles. The maximum Gasteiger partial charge on any atom is 0.407 e. The Morgan fingerprint density at radius 3 is 2.74 bits per heavy atom. The van der Waals surface area contributed by atoms with Crippen molar-refractivity contribution in [3.05, 3.63) is 22.7 Å². The average molecular weight is 454 g/mol. The third-order valence-corrected chi connectivity index (χ3v) is 5.76. The Balaban J connectivity index is 1.40. The van der Waals surface area contributed by atoms with Gasteiger partial charge in [0.05, 0.1) is 17.3 Å². The van der Waals surface area contributed by atoms with E-state index in [0.717, 1.165) is 31.5 Å². The summed E-state index contributed by atoms with van der Waals surface area (Å²) in [6, 6.07) is 3.57. The molecule has 2 aliphatic heterocycles. The molecule has 1 aromatic carbocycles. The fraction of sp³-hybridized carbons (Fsp3) is 0.636. The number of fused-ring (bicyclic) bond motifs is 1. The Morgan fingerprint density at radius 1 is 1.29 bits per heavy atom. The number of rotatable bonds is 8.